The number of carbonyl (C=O) groups excluding carboxylic acids is 1. The molecule has 0 amide bonds. The van der Waals surface area contributed by atoms with E-state index in [9.17, 15) is 4.79 Å². The standard InChI is InChI=1S/C17H24N2O2/c1-13-16-4-3-9-18(16)10-11-19(13)12-14-5-7-15(8-6-14)17(20)21-2/h5-8,13,16H,3-4,9-12H2,1-2H3. The van der Waals surface area contributed by atoms with Crippen LogP contribution in [0.4, 0.5) is 0 Å². The number of piperazine rings is 1. The van der Waals surface area contributed by atoms with Crippen LogP contribution in [-0.2, 0) is 11.3 Å². The summed E-state index contributed by atoms with van der Waals surface area (Å²) in [4.78, 5) is 16.7. The fraction of sp³-hybridized carbons (Fsp3) is 0.588. The summed E-state index contributed by atoms with van der Waals surface area (Å²) in [6, 6.07) is 9.14. The molecule has 0 N–H and O–H groups in total. The van der Waals surface area contributed by atoms with E-state index in [0.717, 1.165) is 19.1 Å². The number of hydrogen-bond donors (Lipinski definition) is 0. The molecule has 0 aliphatic carbocycles. The van der Waals surface area contributed by atoms with Gasteiger partial charge in [-0.15, -0.1) is 0 Å². The Morgan fingerprint density at radius 1 is 1.24 bits per heavy atom. The lowest BCUT2D eigenvalue weighted by atomic mass is 10.0. The van der Waals surface area contributed by atoms with Crippen molar-refractivity contribution in [3.05, 3.63) is 35.4 Å². The third-order valence-electron chi connectivity index (χ3n) is 4.98. The van der Waals surface area contributed by atoms with Gasteiger partial charge in [-0.1, -0.05) is 12.1 Å². The first-order chi connectivity index (χ1) is 10.2. The molecule has 114 valence electrons. The molecular formula is C17H24N2O2. The second-order valence-corrected chi connectivity index (χ2v) is 6.15. The molecule has 4 heteroatoms. The van der Waals surface area contributed by atoms with Gasteiger partial charge in [0.15, 0.2) is 0 Å². The van der Waals surface area contributed by atoms with E-state index >= 15 is 0 Å². The minimum atomic E-state index is -0.269. The van der Waals surface area contributed by atoms with Gasteiger partial charge >= 0.3 is 5.97 Å². The Morgan fingerprint density at radius 2 is 2.00 bits per heavy atom. The van der Waals surface area contributed by atoms with Crippen molar-refractivity contribution in [3.8, 4) is 0 Å². The number of benzene rings is 1. The molecule has 1 aromatic carbocycles. The Morgan fingerprint density at radius 3 is 2.71 bits per heavy atom. The maximum Gasteiger partial charge on any atom is 0.337 e. The fourth-order valence-corrected chi connectivity index (χ4v) is 3.70. The van der Waals surface area contributed by atoms with Crippen molar-refractivity contribution >= 4 is 5.97 Å². The number of rotatable bonds is 3. The summed E-state index contributed by atoms with van der Waals surface area (Å²) in [5.41, 5.74) is 1.89. The summed E-state index contributed by atoms with van der Waals surface area (Å²) in [6.07, 6.45) is 2.68. The quantitative estimate of drug-likeness (QED) is 0.798. The van der Waals surface area contributed by atoms with E-state index in [1.54, 1.807) is 0 Å². The minimum absolute atomic E-state index is 0.269. The molecule has 2 unspecified atom stereocenters. The first-order valence-electron chi connectivity index (χ1n) is 7.84. The van der Waals surface area contributed by atoms with Crippen LogP contribution in [0, 0.1) is 0 Å². The molecule has 1 aromatic rings. The van der Waals surface area contributed by atoms with Gasteiger partial charge in [0.2, 0.25) is 0 Å². The van der Waals surface area contributed by atoms with Crippen LogP contribution in [0.15, 0.2) is 24.3 Å². The number of ether oxygens (including phenoxy) is 1. The van der Waals surface area contributed by atoms with Crippen LogP contribution in [0.25, 0.3) is 0 Å². The van der Waals surface area contributed by atoms with Crippen molar-refractivity contribution in [1.29, 1.82) is 0 Å². The van der Waals surface area contributed by atoms with Crippen LogP contribution < -0.4 is 0 Å². The summed E-state index contributed by atoms with van der Waals surface area (Å²) in [7, 11) is 1.42. The summed E-state index contributed by atoms with van der Waals surface area (Å²) in [5, 5.41) is 0. The van der Waals surface area contributed by atoms with Gasteiger partial charge in [-0.25, -0.2) is 4.79 Å². The number of carbonyl (C=O) groups is 1. The van der Waals surface area contributed by atoms with Crippen molar-refractivity contribution in [1.82, 2.24) is 9.80 Å². The highest BCUT2D eigenvalue weighted by atomic mass is 16.5. The second kappa shape index (κ2) is 6.16. The fourth-order valence-electron chi connectivity index (χ4n) is 3.70. The summed E-state index contributed by atoms with van der Waals surface area (Å²) in [6.45, 7) is 6.92. The number of nitrogens with zero attached hydrogens (tertiary/aromatic N) is 2. The van der Waals surface area contributed by atoms with E-state index in [-0.39, 0.29) is 5.97 Å². The van der Waals surface area contributed by atoms with Gasteiger partial charge in [0.25, 0.3) is 0 Å². The zero-order valence-electron chi connectivity index (χ0n) is 12.9. The largest absolute Gasteiger partial charge is 0.465 e. The van der Waals surface area contributed by atoms with Crippen molar-refractivity contribution in [2.24, 2.45) is 0 Å². The van der Waals surface area contributed by atoms with E-state index in [0.29, 0.717) is 11.6 Å². The van der Waals surface area contributed by atoms with Gasteiger partial charge in [0.1, 0.15) is 0 Å². The minimum Gasteiger partial charge on any atom is -0.465 e. The van der Waals surface area contributed by atoms with E-state index in [1.807, 2.05) is 24.3 Å². The highest BCUT2D eigenvalue weighted by Gasteiger charge is 2.36. The molecule has 0 saturated carbocycles. The molecule has 0 spiro atoms. The molecule has 21 heavy (non-hydrogen) atoms. The number of hydrogen-bond acceptors (Lipinski definition) is 4. The predicted molar refractivity (Wildman–Crippen MR) is 82.2 cm³/mol. The molecule has 0 radical (unpaired) electrons. The summed E-state index contributed by atoms with van der Waals surface area (Å²) < 4.78 is 4.74. The molecule has 2 aliphatic rings. The topological polar surface area (TPSA) is 32.8 Å². The monoisotopic (exact) mass is 288 g/mol. The van der Waals surface area contributed by atoms with Crippen LogP contribution >= 0.6 is 0 Å². The molecule has 2 atom stereocenters. The second-order valence-electron chi connectivity index (χ2n) is 6.15. The van der Waals surface area contributed by atoms with Gasteiger partial charge in [-0.05, 0) is 44.0 Å². The lowest BCUT2D eigenvalue weighted by molar-refractivity contribution is 0.0470. The average molecular weight is 288 g/mol. The Kier molecular flexibility index (Phi) is 4.27. The van der Waals surface area contributed by atoms with Crippen LogP contribution in [0.3, 0.4) is 0 Å². The van der Waals surface area contributed by atoms with E-state index in [2.05, 4.69) is 16.7 Å². The predicted octanol–water partition coefficient (Wildman–Crippen LogP) is 2.14. The molecule has 3 rings (SSSR count). The normalized spacial score (nSPS) is 26.6. The SMILES string of the molecule is COC(=O)c1ccc(CN2CCN3CCCC3C2C)cc1. The number of fused-ring (bicyclic) bond motifs is 1. The van der Waals surface area contributed by atoms with E-state index in [1.165, 1.54) is 38.6 Å². The number of esters is 1. The molecule has 4 nitrogen and oxygen atoms in total. The van der Waals surface area contributed by atoms with Crippen molar-refractivity contribution in [2.45, 2.75) is 38.4 Å². The molecule has 0 aromatic heterocycles. The Balaban J connectivity index is 1.65. The lowest BCUT2D eigenvalue weighted by Crippen LogP contribution is -2.55. The van der Waals surface area contributed by atoms with Crippen molar-refractivity contribution in [3.63, 3.8) is 0 Å². The summed E-state index contributed by atoms with van der Waals surface area (Å²) >= 11 is 0. The van der Waals surface area contributed by atoms with Crippen LogP contribution in [0.5, 0.6) is 0 Å². The first-order valence-corrected chi connectivity index (χ1v) is 7.84. The maximum absolute atomic E-state index is 11.5. The van der Waals surface area contributed by atoms with Gasteiger partial charge in [0.05, 0.1) is 12.7 Å². The van der Waals surface area contributed by atoms with Gasteiger partial charge < -0.3 is 4.74 Å². The highest BCUT2D eigenvalue weighted by Crippen LogP contribution is 2.27. The highest BCUT2D eigenvalue weighted by molar-refractivity contribution is 5.89. The maximum atomic E-state index is 11.5. The third-order valence-corrected chi connectivity index (χ3v) is 4.98. The third kappa shape index (κ3) is 2.97. The average Bonchev–Trinajstić information content (AvgIpc) is 2.99. The Labute approximate surface area is 126 Å². The van der Waals surface area contributed by atoms with Gasteiger partial charge in [0, 0.05) is 31.7 Å². The van der Waals surface area contributed by atoms with Gasteiger partial charge in [-0.3, -0.25) is 9.80 Å². The van der Waals surface area contributed by atoms with Crippen molar-refractivity contribution in [2.75, 3.05) is 26.7 Å². The summed E-state index contributed by atoms with van der Waals surface area (Å²) in [5.74, 6) is -0.269. The van der Waals surface area contributed by atoms with E-state index < -0.39 is 0 Å². The van der Waals surface area contributed by atoms with Crippen LogP contribution in [-0.4, -0.2) is 54.6 Å². The Bertz CT molecular complexity index is 500. The molecule has 2 fully saturated rings. The molecule has 0 bridgehead atoms. The Hall–Kier alpha value is -1.39. The molecule has 2 heterocycles. The van der Waals surface area contributed by atoms with Crippen LogP contribution in [0.2, 0.25) is 0 Å². The zero-order chi connectivity index (χ0) is 14.8. The molecule has 2 aliphatic heterocycles. The first kappa shape index (κ1) is 14.5. The van der Waals surface area contributed by atoms with E-state index in [4.69, 9.17) is 4.74 Å². The van der Waals surface area contributed by atoms with Gasteiger partial charge in [-0.2, -0.15) is 0 Å². The van der Waals surface area contributed by atoms with Crippen molar-refractivity contribution < 1.29 is 9.53 Å². The lowest BCUT2D eigenvalue weighted by Gasteiger charge is -2.43. The molecule has 2 saturated heterocycles. The smallest absolute Gasteiger partial charge is 0.337 e. The zero-order valence-corrected chi connectivity index (χ0v) is 12.9. The molecular weight excluding hydrogens is 264 g/mol. The number of methoxy groups -OCH3 is 1. The van der Waals surface area contributed by atoms with Crippen LogP contribution in [0.1, 0.15) is 35.7 Å².